The fourth-order valence-corrected chi connectivity index (χ4v) is 5.24. The SMILES string of the molecule is NC(=O)c1cnc(Cl)cc1NC1C2CC3CC(C2)CC1C3. The highest BCUT2D eigenvalue weighted by Gasteiger charge is 2.48. The molecule has 0 unspecified atom stereocenters. The van der Waals surface area contributed by atoms with E-state index in [-0.39, 0.29) is 0 Å². The minimum atomic E-state index is -0.453. The van der Waals surface area contributed by atoms with Gasteiger partial charge in [0.1, 0.15) is 5.15 Å². The summed E-state index contributed by atoms with van der Waals surface area (Å²) in [5, 5.41) is 3.98. The maximum Gasteiger partial charge on any atom is 0.252 e. The number of nitrogens with zero attached hydrogens (tertiary/aromatic N) is 1. The van der Waals surface area contributed by atoms with Crippen LogP contribution in [0.5, 0.6) is 0 Å². The van der Waals surface area contributed by atoms with Gasteiger partial charge in [0.2, 0.25) is 0 Å². The molecule has 4 nitrogen and oxygen atoms in total. The Labute approximate surface area is 129 Å². The zero-order valence-corrected chi connectivity index (χ0v) is 12.6. The molecule has 4 fully saturated rings. The summed E-state index contributed by atoms with van der Waals surface area (Å²) in [4.78, 5) is 15.5. The van der Waals surface area contributed by atoms with Crippen molar-refractivity contribution < 1.29 is 4.79 Å². The highest BCUT2D eigenvalue weighted by Crippen LogP contribution is 2.54. The zero-order chi connectivity index (χ0) is 14.6. The number of carbonyl (C=O) groups excluding carboxylic acids is 1. The Bertz CT molecular complexity index is 561. The number of hydrogen-bond donors (Lipinski definition) is 2. The second-order valence-electron chi connectivity index (χ2n) is 7.02. The van der Waals surface area contributed by atoms with Gasteiger partial charge in [0, 0.05) is 12.2 Å². The number of hydrogen-bond acceptors (Lipinski definition) is 3. The van der Waals surface area contributed by atoms with E-state index in [1.165, 1.54) is 38.3 Å². The molecule has 5 rings (SSSR count). The third kappa shape index (κ3) is 2.30. The van der Waals surface area contributed by atoms with Gasteiger partial charge < -0.3 is 11.1 Å². The molecule has 0 radical (unpaired) electrons. The van der Waals surface area contributed by atoms with E-state index in [1.54, 1.807) is 6.07 Å². The van der Waals surface area contributed by atoms with Crippen molar-refractivity contribution in [1.82, 2.24) is 4.98 Å². The minimum Gasteiger partial charge on any atom is -0.381 e. The summed E-state index contributed by atoms with van der Waals surface area (Å²) in [5.41, 5.74) is 6.64. The molecule has 1 aromatic rings. The summed E-state index contributed by atoms with van der Waals surface area (Å²) >= 11 is 5.99. The van der Waals surface area contributed by atoms with Crippen molar-refractivity contribution in [3.8, 4) is 0 Å². The Balaban J connectivity index is 1.61. The Kier molecular flexibility index (Phi) is 3.10. The van der Waals surface area contributed by atoms with Gasteiger partial charge >= 0.3 is 0 Å². The lowest BCUT2D eigenvalue weighted by molar-refractivity contribution is 0.00751. The smallest absolute Gasteiger partial charge is 0.252 e. The quantitative estimate of drug-likeness (QED) is 0.843. The van der Waals surface area contributed by atoms with E-state index >= 15 is 0 Å². The first-order valence-electron chi connectivity index (χ1n) is 7.82. The molecule has 1 amide bonds. The average Bonchev–Trinajstić information content (AvgIpc) is 2.41. The van der Waals surface area contributed by atoms with Gasteiger partial charge in [-0.3, -0.25) is 4.79 Å². The molecule has 0 atom stereocenters. The van der Waals surface area contributed by atoms with E-state index in [4.69, 9.17) is 17.3 Å². The van der Waals surface area contributed by atoms with Crippen molar-refractivity contribution in [3.63, 3.8) is 0 Å². The van der Waals surface area contributed by atoms with Crippen molar-refractivity contribution in [2.45, 2.75) is 38.1 Å². The number of aromatic nitrogens is 1. The molecule has 4 bridgehead atoms. The van der Waals surface area contributed by atoms with Gasteiger partial charge in [-0.25, -0.2) is 4.98 Å². The monoisotopic (exact) mass is 305 g/mol. The normalized spacial score (nSPS) is 36.7. The summed E-state index contributed by atoms with van der Waals surface area (Å²) in [6.07, 6.45) is 8.23. The van der Waals surface area contributed by atoms with Gasteiger partial charge in [-0.1, -0.05) is 11.6 Å². The summed E-state index contributed by atoms with van der Waals surface area (Å²) in [6, 6.07) is 2.18. The van der Waals surface area contributed by atoms with E-state index in [1.807, 2.05) is 0 Å². The molecular formula is C16H20ClN3O. The number of nitrogens with one attached hydrogen (secondary N) is 1. The standard InChI is InChI=1S/C16H20ClN3O/c17-14-6-13(12(7-19-14)16(18)21)20-15-10-2-8-1-9(4-10)5-11(15)3-8/h6-11,15H,1-5H2,(H2,18,21)(H,19,20). The number of pyridine rings is 1. The molecule has 112 valence electrons. The predicted molar refractivity (Wildman–Crippen MR) is 82.2 cm³/mol. The van der Waals surface area contributed by atoms with Crippen molar-refractivity contribution in [3.05, 3.63) is 23.0 Å². The molecule has 0 aliphatic heterocycles. The van der Waals surface area contributed by atoms with Crippen LogP contribution in [0.1, 0.15) is 42.5 Å². The summed E-state index contributed by atoms with van der Waals surface area (Å²) in [5.74, 6) is 2.87. The molecule has 3 N–H and O–H groups in total. The molecule has 0 saturated heterocycles. The van der Waals surface area contributed by atoms with Crippen molar-refractivity contribution in [2.24, 2.45) is 29.4 Å². The number of nitrogens with two attached hydrogens (primary N) is 1. The van der Waals surface area contributed by atoms with Crippen LogP contribution in [-0.4, -0.2) is 16.9 Å². The third-order valence-corrected chi connectivity index (χ3v) is 5.89. The average molecular weight is 306 g/mol. The number of amides is 1. The molecule has 4 saturated carbocycles. The van der Waals surface area contributed by atoms with E-state index in [0.29, 0.717) is 16.8 Å². The molecule has 1 aromatic heterocycles. The van der Waals surface area contributed by atoms with Gasteiger partial charge in [0.05, 0.1) is 11.3 Å². The fourth-order valence-electron chi connectivity index (χ4n) is 5.09. The lowest BCUT2D eigenvalue weighted by Crippen LogP contribution is -2.51. The molecule has 21 heavy (non-hydrogen) atoms. The maximum absolute atomic E-state index is 11.6. The zero-order valence-electron chi connectivity index (χ0n) is 11.9. The van der Waals surface area contributed by atoms with E-state index in [2.05, 4.69) is 10.3 Å². The third-order valence-electron chi connectivity index (χ3n) is 5.68. The lowest BCUT2D eigenvalue weighted by Gasteiger charge is -2.54. The van der Waals surface area contributed by atoms with Crippen molar-refractivity contribution in [1.29, 1.82) is 0 Å². The van der Waals surface area contributed by atoms with E-state index in [9.17, 15) is 4.79 Å². The Hall–Kier alpha value is -1.29. The van der Waals surface area contributed by atoms with Crippen LogP contribution >= 0.6 is 11.6 Å². The highest BCUT2D eigenvalue weighted by atomic mass is 35.5. The molecule has 0 spiro atoms. The fraction of sp³-hybridized carbons (Fsp3) is 0.625. The first-order valence-corrected chi connectivity index (χ1v) is 8.20. The number of rotatable bonds is 3. The second-order valence-corrected chi connectivity index (χ2v) is 7.40. The predicted octanol–water partition coefficient (Wildman–Crippen LogP) is 3.07. The van der Waals surface area contributed by atoms with Crippen LogP contribution in [0.3, 0.4) is 0 Å². The van der Waals surface area contributed by atoms with Gasteiger partial charge in [-0.05, 0) is 61.8 Å². The number of carbonyl (C=O) groups is 1. The Morgan fingerprint density at radius 2 is 1.81 bits per heavy atom. The second kappa shape index (κ2) is 4.87. The summed E-state index contributed by atoms with van der Waals surface area (Å²) in [7, 11) is 0. The van der Waals surface area contributed by atoms with Gasteiger partial charge in [0.25, 0.3) is 5.91 Å². The maximum atomic E-state index is 11.6. The molecule has 1 heterocycles. The van der Waals surface area contributed by atoms with Crippen LogP contribution in [0.15, 0.2) is 12.3 Å². The first-order chi connectivity index (χ1) is 10.1. The largest absolute Gasteiger partial charge is 0.381 e. The first kappa shape index (κ1) is 13.4. The highest BCUT2D eigenvalue weighted by molar-refractivity contribution is 6.29. The minimum absolute atomic E-state index is 0.395. The van der Waals surface area contributed by atoms with E-state index < -0.39 is 5.91 Å². The molecule has 4 aliphatic carbocycles. The Morgan fingerprint density at radius 3 is 2.38 bits per heavy atom. The Morgan fingerprint density at radius 1 is 1.19 bits per heavy atom. The van der Waals surface area contributed by atoms with Gasteiger partial charge in [0.15, 0.2) is 0 Å². The van der Waals surface area contributed by atoms with Crippen molar-refractivity contribution in [2.75, 3.05) is 5.32 Å². The summed E-state index contributed by atoms with van der Waals surface area (Å²) < 4.78 is 0. The summed E-state index contributed by atoms with van der Waals surface area (Å²) in [6.45, 7) is 0. The van der Waals surface area contributed by atoms with Crippen LogP contribution in [0.4, 0.5) is 5.69 Å². The number of primary amides is 1. The number of halogens is 1. The van der Waals surface area contributed by atoms with Gasteiger partial charge in [-0.15, -0.1) is 0 Å². The molecule has 4 aliphatic rings. The lowest BCUT2D eigenvalue weighted by atomic mass is 9.54. The van der Waals surface area contributed by atoms with Gasteiger partial charge in [-0.2, -0.15) is 0 Å². The van der Waals surface area contributed by atoms with Crippen LogP contribution in [-0.2, 0) is 0 Å². The number of anilines is 1. The van der Waals surface area contributed by atoms with Crippen LogP contribution in [0, 0.1) is 23.7 Å². The molecular weight excluding hydrogens is 286 g/mol. The van der Waals surface area contributed by atoms with E-state index in [0.717, 1.165) is 29.4 Å². The topological polar surface area (TPSA) is 68.0 Å². The molecule has 0 aromatic carbocycles. The van der Waals surface area contributed by atoms with Crippen molar-refractivity contribution >= 4 is 23.2 Å². The van der Waals surface area contributed by atoms with Crippen LogP contribution < -0.4 is 11.1 Å². The molecule has 5 heteroatoms. The van der Waals surface area contributed by atoms with Crippen LogP contribution in [0.2, 0.25) is 5.15 Å². The van der Waals surface area contributed by atoms with Crippen LogP contribution in [0.25, 0.3) is 0 Å².